The maximum atomic E-state index is 13.0. The van der Waals surface area contributed by atoms with Crippen LogP contribution in [0, 0.1) is 27.7 Å². The Kier molecular flexibility index (Phi) is 7.64. The number of carbonyl (C=O) groups excluding carboxylic acids is 1. The molecule has 0 spiro atoms. The van der Waals surface area contributed by atoms with Crippen molar-refractivity contribution in [1.82, 2.24) is 5.32 Å². The molecule has 0 fully saturated rings. The lowest BCUT2D eigenvalue weighted by atomic mass is 10.1. The van der Waals surface area contributed by atoms with Crippen molar-refractivity contribution in [2.24, 2.45) is 0 Å². The van der Waals surface area contributed by atoms with Gasteiger partial charge in [0.05, 0.1) is 4.90 Å². The fraction of sp³-hybridized carbons (Fsp3) is 0.240. The van der Waals surface area contributed by atoms with Gasteiger partial charge in [-0.05, 0) is 80.8 Å². The number of rotatable bonds is 8. The van der Waals surface area contributed by atoms with E-state index < -0.39 is 10.0 Å². The predicted molar refractivity (Wildman–Crippen MR) is 132 cm³/mol. The van der Waals surface area contributed by atoms with E-state index in [0.29, 0.717) is 23.4 Å². The lowest BCUT2D eigenvalue weighted by Gasteiger charge is -2.13. The van der Waals surface area contributed by atoms with Gasteiger partial charge in [-0.15, -0.1) is 11.8 Å². The first-order chi connectivity index (χ1) is 15.1. The van der Waals surface area contributed by atoms with Crippen molar-refractivity contribution < 1.29 is 13.2 Å². The standard InChI is InChI=1S/C25H28N2O3S2/c1-17-5-9-23(10-6-17)31-12-11-26-25(28)21-8-7-20(4)24(16-21)32(29,30)27-22-14-18(2)13-19(3)15-22/h5-10,13-16,27H,11-12H2,1-4H3,(H,26,28). The Morgan fingerprint density at radius 2 is 1.50 bits per heavy atom. The van der Waals surface area contributed by atoms with E-state index in [0.717, 1.165) is 21.8 Å². The van der Waals surface area contributed by atoms with Gasteiger partial charge in [-0.1, -0.05) is 29.8 Å². The van der Waals surface area contributed by atoms with Gasteiger partial charge in [0.25, 0.3) is 15.9 Å². The van der Waals surface area contributed by atoms with Crippen molar-refractivity contribution in [3.05, 3.63) is 88.5 Å². The molecule has 0 aliphatic carbocycles. The summed E-state index contributed by atoms with van der Waals surface area (Å²) < 4.78 is 28.7. The van der Waals surface area contributed by atoms with Crippen molar-refractivity contribution in [2.45, 2.75) is 37.5 Å². The maximum absolute atomic E-state index is 13.0. The number of aryl methyl sites for hydroxylation is 4. The molecule has 0 unspecified atom stereocenters. The van der Waals surface area contributed by atoms with Gasteiger partial charge in [-0.25, -0.2) is 8.42 Å². The van der Waals surface area contributed by atoms with Crippen LogP contribution in [0.4, 0.5) is 5.69 Å². The van der Waals surface area contributed by atoms with E-state index in [1.54, 1.807) is 43.0 Å². The van der Waals surface area contributed by atoms with Gasteiger partial charge < -0.3 is 5.32 Å². The SMILES string of the molecule is Cc1ccc(SCCNC(=O)c2ccc(C)c(S(=O)(=O)Nc3cc(C)cc(C)c3)c2)cc1. The first kappa shape index (κ1) is 23.9. The number of thioether (sulfide) groups is 1. The summed E-state index contributed by atoms with van der Waals surface area (Å²) in [5.41, 5.74) is 4.54. The van der Waals surface area contributed by atoms with Crippen LogP contribution in [0.1, 0.15) is 32.6 Å². The molecule has 2 N–H and O–H groups in total. The fourth-order valence-corrected chi connectivity index (χ4v) is 5.43. The highest BCUT2D eigenvalue weighted by Crippen LogP contribution is 2.23. The third-order valence-electron chi connectivity index (χ3n) is 4.89. The predicted octanol–water partition coefficient (Wildman–Crippen LogP) is 5.24. The molecule has 0 bridgehead atoms. The lowest BCUT2D eigenvalue weighted by Crippen LogP contribution is -2.26. The van der Waals surface area contributed by atoms with Gasteiger partial charge >= 0.3 is 0 Å². The van der Waals surface area contributed by atoms with Gasteiger partial charge in [0.15, 0.2) is 0 Å². The van der Waals surface area contributed by atoms with Gasteiger partial charge in [0.1, 0.15) is 0 Å². The minimum Gasteiger partial charge on any atom is -0.351 e. The quantitative estimate of drug-likeness (QED) is 0.350. The summed E-state index contributed by atoms with van der Waals surface area (Å²) in [6.07, 6.45) is 0. The Morgan fingerprint density at radius 3 is 2.16 bits per heavy atom. The Bertz CT molecular complexity index is 1200. The van der Waals surface area contributed by atoms with Crippen molar-refractivity contribution in [3.63, 3.8) is 0 Å². The van der Waals surface area contributed by atoms with Crippen LogP contribution in [0.25, 0.3) is 0 Å². The van der Waals surface area contributed by atoms with Gasteiger partial charge in [0, 0.05) is 28.4 Å². The Morgan fingerprint density at radius 1 is 0.844 bits per heavy atom. The summed E-state index contributed by atoms with van der Waals surface area (Å²) in [6, 6.07) is 18.5. The number of anilines is 1. The molecule has 0 aromatic heterocycles. The van der Waals surface area contributed by atoms with Crippen LogP contribution < -0.4 is 10.0 Å². The second-order valence-corrected chi connectivity index (χ2v) is 10.7. The van der Waals surface area contributed by atoms with E-state index in [2.05, 4.69) is 34.3 Å². The normalized spacial score (nSPS) is 11.2. The molecule has 0 atom stereocenters. The molecule has 5 nitrogen and oxygen atoms in total. The van der Waals surface area contributed by atoms with Crippen LogP contribution in [0.2, 0.25) is 0 Å². The summed E-state index contributed by atoms with van der Waals surface area (Å²) in [5.74, 6) is 0.428. The maximum Gasteiger partial charge on any atom is 0.262 e. The number of hydrogen-bond acceptors (Lipinski definition) is 4. The molecule has 0 radical (unpaired) electrons. The van der Waals surface area contributed by atoms with Crippen LogP contribution in [0.15, 0.2) is 70.5 Å². The molecule has 0 saturated heterocycles. The molecular formula is C25H28N2O3S2. The van der Waals surface area contributed by atoms with Crippen LogP contribution in [-0.4, -0.2) is 26.6 Å². The van der Waals surface area contributed by atoms with Crippen molar-refractivity contribution >= 4 is 33.4 Å². The highest BCUT2D eigenvalue weighted by atomic mass is 32.2. The molecular weight excluding hydrogens is 440 g/mol. The second-order valence-electron chi connectivity index (χ2n) is 7.88. The van der Waals surface area contributed by atoms with E-state index in [1.165, 1.54) is 11.6 Å². The van der Waals surface area contributed by atoms with Gasteiger partial charge in [-0.2, -0.15) is 0 Å². The fourth-order valence-electron chi connectivity index (χ4n) is 3.34. The third kappa shape index (κ3) is 6.37. The number of sulfonamides is 1. The first-order valence-electron chi connectivity index (χ1n) is 10.3. The Labute approximate surface area is 194 Å². The van der Waals surface area contributed by atoms with Crippen LogP contribution >= 0.6 is 11.8 Å². The molecule has 0 aliphatic rings. The number of carbonyl (C=O) groups is 1. The monoisotopic (exact) mass is 468 g/mol. The zero-order valence-corrected chi connectivity index (χ0v) is 20.4. The molecule has 3 aromatic rings. The van der Waals surface area contributed by atoms with Crippen molar-refractivity contribution in [2.75, 3.05) is 17.0 Å². The average molecular weight is 469 g/mol. The zero-order chi connectivity index (χ0) is 23.3. The van der Waals surface area contributed by atoms with E-state index in [-0.39, 0.29) is 10.8 Å². The molecule has 7 heteroatoms. The summed E-state index contributed by atoms with van der Waals surface area (Å²) >= 11 is 1.66. The molecule has 1 amide bonds. The van der Waals surface area contributed by atoms with Gasteiger partial charge in [-0.3, -0.25) is 9.52 Å². The molecule has 0 saturated carbocycles. The Hall–Kier alpha value is -2.77. The first-order valence-corrected chi connectivity index (χ1v) is 12.8. The molecule has 32 heavy (non-hydrogen) atoms. The molecule has 0 heterocycles. The molecule has 3 aromatic carbocycles. The van der Waals surface area contributed by atoms with E-state index >= 15 is 0 Å². The highest BCUT2D eigenvalue weighted by molar-refractivity contribution is 7.99. The summed E-state index contributed by atoms with van der Waals surface area (Å²) in [5, 5.41) is 2.87. The van der Waals surface area contributed by atoms with Crippen LogP contribution in [0.5, 0.6) is 0 Å². The zero-order valence-electron chi connectivity index (χ0n) is 18.7. The molecule has 3 rings (SSSR count). The van der Waals surface area contributed by atoms with Gasteiger partial charge in [0.2, 0.25) is 0 Å². The van der Waals surface area contributed by atoms with E-state index in [9.17, 15) is 13.2 Å². The second kappa shape index (κ2) is 10.2. The van der Waals surface area contributed by atoms with E-state index in [4.69, 9.17) is 0 Å². The van der Waals surface area contributed by atoms with E-state index in [1.807, 2.05) is 26.8 Å². The minimum atomic E-state index is -3.83. The number of benzene rings is 3. The average Bonchev–Trinajstić information content (AvgIpc) is 2.71. The van der Waals surface area contributed by atoms with Crippen LogP contribution in [-0.2, 0) is 10.0 Å². The number of nitrogens with one attached hydrogen (secondary N) is 2. The largest absolute Gasteiger partial charge is 0.351 e. The molecule has 0 aliphatic heterocycles. The smallest absolute Gasteiger partial charge is 0.262 e. The Balaban J connectivity index is 1.67. The van der Waals surface area contributed by atoms with Crippen LogP contribution in [0.3, 0.4) is 0 Å². The summed E-state index contributed by atoms with van der Waals surface area (Å²) in [7, 11) is -3.83. The molecule has 168 valence electrons. The summed E-state index contributed by atoms with van der Waals surface area (Å²) in [4.78, 5) is 13.8. The van der Waals surface area contributed by atoms with Crippen molar-refractivity contribution in [3.8, 4) is 0 Å². The number of amides is 1. The minimum absolute atomic E-state index is 0.0957. The third-order valence-corrected chi connectivity index (χ3v) is 7.43. The number of hydrogen-bond donors (Lipinski definition) is 2. The summed E-state index contributed by atoms with van der Waals surface area (Å²) in [6.45, 7) is 8.07. The lowest BCUT2D eigenvalue weighted by molar-refractivity contribution is 0.0956. The van der Waals surface area contributed by atoms with Crippen molar-refractivity contribution in [1.29, 1.82) is 0 Å². The topological polar surface area (TPSA) is 75.3 Å². The highest BCUT2D eigenvalue weighted by Gasteiger charge is 2.19.